The summed E-state index contributed by atoms with van der Waals surface area (Å²) in [6.07, 6.45) is 3.77. The molecular formula is C18H22N4O. The van der Waals surface area contributed by atoms with Crippen molar-refractivity contribution in [3.8, 4) is 0 Å². The molecule has 1 fully saturated rings. The third-order valence-electron chi connectivity index (χ3n) is 4.13. The molecule has 1 aliphatic heterocycles. The number of hydrogen-bond donors (Lipinski definition) is 1. The van der Waals surface area contributed by atoms with Crippen molar-refractivity contribution in [1.82, 2.24) is 9.88 Å². The van der Waals surface area contributed by atoms with Crippen LogP contribution in [0.5, 0.6) is 0 Å². The Labute approximate surface area is 136 Å². The second-order valence-electron chi connectivity index (χ2n) is 5.92. The Balaban J connectivity index is 1.56. The standard InChI is InChI=1S/C18H22N4O/c1-21-10-12-22(13-11-21)17-4-2-16(3-5-17)20-18(23)14-15-6-8-19-9-7-15/h2-9H,10-14H2,1H3,(H,20,23). The summed E-state index contributed by atoms with van der Waals surface area (Å²) in [5.41, 5.74) is 3.01. The van der Waals surface area contributed by atoms with Gasteiger partial charge >= 0.3 is 0 Å². The lowest BCUT2D eigenvalue weighted by molar-refractivity contribution is -0.115. The maximum atomic E-state index is 12.1. The molecule has 0 aliphatic carbocycles. The van der Waals surface area contributed by atoms with Gasteiger partial charge in [-0.2, -0.15) is 0 Å². The zero-order chi connectivity index (χ0) is 16.1. The molecule has 1 aliphatic rings. The molecular weight excluding hydrogens is 288 g/mol. The molecule has 120 valence electrons. The van der Waals surface area contributed by atoms with Crippen LogP contribution in [0.1, 0.15) is 5.56 Å². The van der Waals surface area contributed by atoms with Crippen LogP contribution in [0.4, 0.5) is 11.4 Å². The molecule has 0 bridgehead atoms. The highest BCUT2D eigenvalue weighted by molar-refractivity contribution is 5.92. The molecule has 0 atom stereocenters. The average Bonchev–Trinajstić information content (AvgIpc) is 2.57. The van der Waals surface area contributed by atoms with E-state index in [0.717, 1.165) is 37.4 Å². The fourth-order valence-corrected chi connectivity index (χ4v) is 2.71. The van der Waals surface area contributed by atoms with E-state index in [1.54, 1.807) is 12.4 Å². The van der Waals surface area contributed by atoms with E-state index in [-0.39, 0.29) is 5.91 Å². The van der Waals surface area contributed by atoms with Crippen molar-refractivity contribution in [2.75, 3.05) is 43.4 Å². The number of nitrogens with zero attached hydrogens (tertiary/aromatic N) is 3. The van der Waals surface area contributed by atoms with Crippen molar-refractivity contribution < 1.29 is 4.79 Å². The summed E-state index contributed by atoms with van der Waals surface area (Å²) < 4.78 is 0. The fraction of sp³-hybridized carbons (Fsp3) is 0.333. The fourth-order valence-electron chi connectivity index (χ4n) is 2.71. The Morgan fingerprint density at radius 2 is 1.70 bits per heavy atom. The first-order valence-corrected chi connectivity index (χ1v) is 7.93. The van der Waals surface area contributed by atoms with Gasteiger partial charge in [-0.1, -0.05) is 0 Å². The molecule has 0 unspecified atom stereocenters. The van der Waals surface area contributed by atoms with Gasteiger partial charge in [0.25, 0.3) is 0 Å². The number of rotatable bonds is 4. The predicted molar refractivity (Wildman–Crippen MR) is 92.7 cm³/mol. The van der Waals surface area contributed by atoms with Crippen molar-refractivity contribution in [2.45, 2.75) is 6.42 Å². The van der Waals surface area contributed by atoms with Crippen LogP contribution in [0.25, 0.3) is 0 Å². The molecule has 5 heteroatoms. The lowest BCUT2D eigenvalue weighted by Crippen LogP contribution is -2.44. The molecule has 1 N–H and O–H groups in total. The number of hydrogen-bond acceptors (Lipinski definition) is 4. The topological polar surface area (TPSA) is 48.5 Å². The van der Waals surface area contributed by atoms with E-state index in [1.165, 1.54) is 5.69 Å². The van der Waals surface area contributed by atoms with Crippen LogP contribution in [0.2, 0.25) is 0 Å². The van der Waals surface area contributed by atoms with Crippen molar-refractivity contribution in [2.24, 2.45) is 0 Å². The minimum Gasteiger partial charge on any atom is -0.369 e. The summed E-state index contributed by atoms with van der Waals surface area (Å²) in [4.78, 5) is 20.7. The van der Waals surface area contributed by atoms with E-state index in [4.69, 9.17) is 0 Å². The van der Waals surface area contributed by atoms with Crippen molar-refractivity contribution in [1.29, 1.82) is 0 Å². The molecule has 5 nitrogen and oxygen atoms in total. The number of benzene rings is 1. The molecule has 1 amide bonds. The highest BCUT2D eigenvalue weighted by atomic mass is 16.1. The lowest BCUT2D eigenvalue weighted by atomic mass is 10.2. The van der Waals surface area contributed by atoms with Crippen LogP contribution in [-0.2, 0) is 11.2 Å². The summed E-state index contributed by atoms with van der Waals surface area (Å²) in [6.45, 7) is 4.27. The van der Waals surface area contributed by atoms with E-state index >= 15 is 0 Å². The van der Waals surface area contributed by atoms with Crippen LogP contribution < -0.4 is 10.2 Å². The number of anilines is 2. The van der Waals surface area contributed by atoms with E-state index in [0.29, 0.717) is 6.42 Å². The molecule has 2 aromatic rings. The number of pyridine rings is 1. The molecule has 0 spiro atoms. The number of aromatic nitrogens is 1. The highest BCUT2D eigenvalue weighted by Gasteiger charge is 2.14. The second kappa shape index (κ2) is 7.24. The van der Waals surface area contributed by atoms with Crippen LogP contribution in [0, 0.1) is 0 Å². The van der Waals surface area contributed by atoms with Gasteiger partial charge < -0.3 is 15.1 Å². The Kier molecular flexibility index (Phi) is 4.88. The van der Waals surface area contributed by atoms with E-state index in [9.17, 15) is 4.79 Å². The minimum absolute atomic E-state index is 0.0106. The van der Waals surface area contributed by atoms with Gasteiger partial charge in [0.15, 0.2) is 0 Å². The summed E-state index contributed by atoms with van der Waals surface area (Å²) in [5.74, 6) is -0.0106. The molecule has 1 aromatic carbocycles. The quantitative estimate of drug-likeness (QED) is 0.938. The van der Waals surface area contributed by atoms with E-state index < -0.39 is 0 Å². The Bertz CT molecular complexity index is 634. The third-order valence-corrected chi connectivity index (χ3v) is 4.13. The normalized spacial score (nSPS) is 15.4. The largest absolute Gasteiger partial charge is 0.369 e. The summed E-state index contributed by atoms with van der Waals surface area (Å²) in [5, 5.41) is 2.94. The van der Waals surface area contributed by atoms with Crippen LogP contribution in [-0.4, -0.2) is 49.0 Å². The summed E-state index contributed by atoms with van der Waals surface area (Å²) in [7, 11) is 2.15. The number of piperazine rings is 1. The van der Waals surface area contributed by atoms with Crippen molar-refractivity contribution in [3.05, 3.63) is 54.4 Å². The number of amides is 1. The smallest absolute Gasteiger partial charge is 0.228 e. The van der Waals surface area contributed by atoms with Gasteiger partial charge in [-0.15, -0.1) is 0 Å². The Hall–Kier alpha value is -2.40. The maximum absolute atomic E-state index is 12.1. The summed E-state index contributed by atoms with van der Waals surface area (Å²) >= 11 is 0. The highest BCUT2D eigenvalue weighted by Crippen LogP contribution is 2.19. The zero-order valence-electron chi connectivity index (χ0n) is 13.4. The Morgan fingerprint density at radius 3 is 2.35 bits per heavy atom. The minimum atomic E-state index is -0.0106. The van der Waals surface area contributed by atoms with Gasteiger partial charge in [-0.05, 0) is 49.0 Å². The molecule has 0 radical (unpaired) electrons. The lowest BCUT2D eigenvalue weighted by Gasteiger charge is -2.34. The van der Waals surface area contributed by atoms with Gasteiger partial charge in [-0.3, -0.25) is 9.78 Å². The first-order chi connectivity index (χ1) is 11.2. The number of carbonyl (C=O) groups excluding carboxylic acids is 1. The number of nitrogens with one attached hydrogen (secondary N) is 1. The first kappa shape index (κ1) is 15.5. The van der Waals surface area contributed by atoms with Gasteiger partial charge in [0.05, 0.1) is 6.42 Å². The monoisotopic (exact) mass is 310 g/mol. The van der Waals surface area contributed by atoms with E-state index in [1.807, 2.05) is 24.3 Å². The van der Waals surface area contributed by atoms with Crippen molar-refractivity contribution >= 4 is 17.3 Å². The van der Waals surface area contributed by atoms with Crippen molar-refractivity contribution in [3.63, 3.8) is 0 Å². The van der Waals surface area contributed by atoms with Gasteiger partial charge in [0, 0.05) is 49.9 Å². The Morgan fingerprint density at radius 1 is 1.04 bits per heavy atom. The third kappa shape index (κ3) is 4.29. The molecule has 3 rings (SSSR count). The van der Waals surface area contributed by atoms with Gasteiger partial charge in [-0.25, -0.2) is 0 Å². The van der Waals surface area contributed by atoms with Crippen LogP contribution in [0.3, 0.4) is 0 Å². The average molecular weight is 310 g/mol. The first-order valence-electron chi connectivity index (χ1n) is 7.93. The predicted octanol–water partition coefficient (Wildman–Crippen LogP) is 2.01. The maximum Gasteiger partial charge on any atom is 0.228 e. The number of likely N-dealkylation sites (N-methyl/N-ethyl adjacent to an activating group) is 1. The zero-order valence-corrected chi connectivity index (χ0v) is 13.4. The van der Waals surface area contributed by atoms with Crippen LogP contribution in [0.15, 0.2) is 48.8 Å². The molecule has 1 saturated heterocycles. The van der Waals surface area contributed by atoms with E-state index in [2.05, 4.69) is 39.3 Å². The summed E-state index contributed by atoms with van der Waals surface area (Å²) in [6, 6.07) is 11.8. The molecule has 23 heavy (non-hydrogen) atoms. The molecule has 0 saturated carbocycles. The van der Waals surface area contributed by atoms with Gasteiger partial charge in [0.2, 0.25) is 5.91 Å². The van der Waals surface area contributed by atoms with Crippen LogP contribution >= 0.6 is 0 Å². The number of carbonyl (C=O) groups is 1. The second-order valence-corrected chi connectivity index (χ2v) is 5.92. The molecule has 1 aromatic heterocycles. The van der Waals surface area contributed by atoms with Gasteiger partial charge in [0.1, 0.15) is 0 Å². The SMILES string of the molecule is CN1CCN(c2ccc(NC(=O)Cc3ccncc3)cc2)CC1. The molecule has 2 heterocycles.